The van der Waals surface area contributed by atoms with Gasteiger partial charge in [-0.15, -0.1) is 0 Å². The van der Waals surface area contributed by atoms with E-state index in [1.807, 2.05) is 0 Å². The largest absolute Gasteiger partial charge is 0.393 e. The molecule has 0 amide bonds. The summed E-state index contributed by atoms with van der Waals surface area (Å²) in [5.41, 5.74) is 0. The highest BCUT2D eigenvalue weighted by Crippen LogP contribution is 2.42. The molecule has 4 saturated heterocycles. The molecule has 1 N–H and O–H groups in total. The summed E-state index contributed by atoms with van der Waals surface area (Å²) in [6.07, 6.45) is 7.76. The van der Waals surface area contributed by atoms with Gasteiger partial charge in [-0.25, -0.2) is 0 Å². The molecule has 4 aliphatic rings. The van der Waals surface area contributed by atoms with Crippen molar-refractivity contribution in [2.45, 2.75) is 56.7 Å². The second-order valence-corrected chi connectivity index (χ2v) is 7.05. The molecule has 0 saturated carbocycles. The van der Waals surface area contributed by atoms with Crippen molar-refractivity contribution >= 4 is 0 Å². The van der Waals surface area contributed by atoms with Crippen molar-refractivity contribution in [2.24, 2.45) is 11.8 Å². The Balaban J connectivity index is 1.55. The molecule has 0 aromatic heterocycles. The lowest BCUT2D eigenvalue weighted by Crippen LogP contribution is -2.64. The van der Waals surface area contributed by atoms with E-state index >= 15 is 0 Å². The Morgan fingerprint density at radius 2 is 1.56 bits per heavy atom. The van der Waals surface area contributed by atoms with Crippen LogP contribution >= 0.6 is 0 Å². The highest BCUT2D eigenvalue weighted by atomic mass is 16.3. The first kappa shape index (κ1) is 11.7. The lowest BCUT2D eigenvalue weighted by molar-refractivity contribution is -0.0900. The summed E-state index contributed by atoms with van der Waals surface area (Å²) >= 11 is 0. The second kappa shape index (κ2) is 4.46. The molecule has 102 valence electrons. The minimum Gasteiger partial charge on any atom is -0.393 e. The maximum Gasteiger partial charge on any atom is 0.0567 e. The van der Waals surface area contributed by atoms with E-state index in [0.717, 1.165) is 37.3 Å². The predicted molar refractivity (Wildman–Crippen MR) is 71.4 cm³/mol. The third kappa shape index (κ3) is 1.83. The molecule has 0 unspecified atom stereocenters. The van der Waals surface area contributed by atoms with Crippen LogP contribution in [0.15, 0.2) is 0 Å². The van der Waals surface area contributed by atoms with Crippen molar-refractivity contribution in [3.05, 3.63) is 0 Å². The zero-order valence-corrected chi connectivity index (χ0v) is 11.3. The Morgan fingerprint density at radius 1 is 0.778 bits per heavy atom. The van der Waals surface area contributed by atoms with Crippen molar-refractivity contribution < 1.29 is 5.11 Å². The highest BCUT2D eigenvalue weighted by molar-refractivity contribution is 5.01. The van der Waals surface area contributed by atoms with E-state index in [9.17, 15) is 5.11 Å². The van der Waals surface area contributed by atoms with E-state index in [0.29, 0.717) is 6.04 Å². The number of nitrogens with zero attached hydrogens (tertiary/aromatic N) is 2. The van der Waals surface area contributed by atoms with E-state index in [4.69, 9.17) is 0 Å². The fourth-order valence-corrected chi connectivity index (χ4v) is 5.22. The lowest BCUT2D eigenvalue weighted by Gasteiger charge is -2.57. The average molecular weight is 250 g/mol. The van der Waals surface area contributed by atoms with Gasteiger partial charge < -0.3 is 5.11 Å². The van der Waals surface area contributed by atoms with Crippen LogP contribution in [-0.4, -0.2) is 59.3 Å². The van der Waals surface area contributed by atoms with Gasteiger partial charge in [0.15, 0.2) is 0 Å². The molecule has 4 fully saturated rings. The SMILES string of the molecule is O[C@H]1CCN2C[C@H]3C[C@H](CN4CCCC[C@@H]34)[C@H]2C1. The molecule has 0 aromatic rings. The van der Waals surface area contributed by atoms with E-state index in [-0.39, 0.29) is 6.10 Å². The first-order chi connectivity index (χ1) is 8.81. The van der Waals surface area contributed by atoms with Gasteiger partial charge in [0.25, 0.3) is 0 Å². The van der Waals surface area contributed by atoms with Crippen molar-refractivity contribution in [3.63, 3.8) is 0 Å². The fourth-order valence-electron chi connectivity index (χ4n) is 5.22. The zero-order chi connectivity index (χ0) is 12.1. The van der Waals surface area contributed by atoms with E-state index in [1.165, 1.54) is 45.3 Å². The molecule has 0 aliphatic carbocycles. The highest BCUT2D eigenvalue weighted by Gasteiger charge is 2.47. The second-order valence-electron chi connectivity index (χ2n) is 7.05. The van der Waals surface area contributed by atoms with Gasteiger partial charge in [0.05, 0.1) is 6.10 Å². The summed E-state index contributed by atoms with van der Waals surface area (Å²) in [4.78, 5) is 5.51. The molecule has 0 spiro atoms. The zero-order valence-electron chi connectivity index (χ0n) is 11.3. The lowest BCUT2D eigenvalue weighted by atomic mass is 9.70. The molecule has 4 aliphatic heterocycles. The van der Waals surface area contributed by atoms with Gasteiger partial charge >= 0.3 is 0 Å². The molecule has 5 atom stereocenters. The van der Waals surface area contributed by atoms with Gasteiger partial charge in [0.1, 0.15) is 0 Å². The molecule has 4 rings (SSSR count). The van der Waals surface area contributed by atoms with Crippen LogP contribution in [0.3, 0.4) is 0 Å². The number of aliphatic hydroxyl groups excluding tert-OH is 1. The topological polar surface area (TPSA) is 26.7 Å². The summed E-state index contributed by atoms with van der Waals surface area (Å²) in [7, 11) is 0. The molecule has 18 heavy (non-hydrogen) atoms. The normalized spacial score (nSPS) is 49.5. The Morgan fingerprint density at radius 3 is 2.44 bits per heavy atom. The third-order valence-electron chi connectivity index (χ3n) is 6.03. The molecule has 3 nitrogen and oxygen atoms in total. The van der Waals surface area contributed by atoms with Crippen LogP contribution in [-0.2, 0) is 0 Å². The number of aliphatic hydroxyl groups is 1. The van der Waals surface area contributed by atoms with E-state index < -0.39 is 0 Å². The third-order valence-corrected chi connectivity index (χ3v) is 6.03. The minimum atomic E-state index is -0.0260. The number of fused-ring (bicyclic) bond motifs is 6. The van der Waals surface area contributed by atoms with Crippen LogP contribution in [0.4, 0.5) is 0 Å². The van der Waals surface area contributed by atoms with Crippen molar-refractivity contribution in [1.29, 1.82) is 0 Å². The van der Waals surface area contributed by atoms with Gasteiger partial charge in [-0.1, -0.05) is 6.42 Å². The average Bonchev–Trinajstić information content (AvgIpc) is 2.40. The maximum absolute atomic E-state index is 9.94. The summed E-state index contributed by atoms with van der Waals surface area (Å²) in [6.45, 7) is 5.11. The molecule has 0 aromatic carbocycles. The summed E-state index contributed by atoms with van der Waals surface area (Å²) in [5.74, 6) is 1.77. The van der Waals surface area contributed by atoms with Gasteiger partial charge in [-0.05, 0) is 50.5 Å². The molecule has 2 bridgehead atoms. The number of hydrogen-bond donors (Lipinski definition) is 1. The Bertz CT molecular complexity index is 322. The van der Waals surface area contributed by atoms with Crippen LogP contribution in [0.2, 0.25) is 0 Å². The van der Waals surface area contributed by atoms with E-state index in [2.05, 4.69) is 9.80 Å². The Labute approximate surface area is 110 Å². The van der Waals surface area contributed by atoms with Gasteiger partial charge in [0.2, 0.25) is 0 Å². The first-order valence-corrected chi connectivity index (χ1v) is 7.97. The predicted octanol–water partition coefficient (Wildman–Crippen LogP) is 1.32. The number of hydrogen-bond acceptors (Lipinski definition) is 3. The van der Waals surface area contributed by atoms with Crippen LogP contribution in [0, 0.1) is 11.8 Å². The summed E-state index contributed by atoms with van der Waals surface area (Å²) < 4.78 is 0. The Kier molecular flexibility index (Phi) is 2.90. The molecule has 4 heterocycles. The van der Waals surface area contributed by atoms with Crippen LogP contribution < -0.4 is 0 Å². The number of piperidine rings is 4. The Hall–Kier alpha value is -0.120. The summed E-state index contributed by atoms with van der Waals surface area (Å²) in [5, 5.41) is 9.94. The standard InChI is InChI=1S/C15H26N2O/c18-13-4-6-17-9-11-7-12(15(17)8-13)10-16-5-2-1-3-14(11)16/h11-15,18H,1-10H2/t11-,12-,13+,14+,15-/m1/s1. The maximum atomic E-state index is 9.94. The van der Waals surface area contributed by atoms with Crippen molar-refractivity contribution in [3.8, 4) is 0 Å². The van der Waals surface area contributed by atoms with E-state index in [1.54, 1.807) is 0 Å². The quantitative estimate of drug-likeness (QED) is 0.702. The molecular formula is C15H26N2O. The van der Waals surface area contributed by atoms with Crippen molar-refractivity contribution in [1.82, 2.24) is 9.80 Å². The monoisotopic (exact) mass is 250 g/mol. The number of rotatable bonds is 0. The minimum absolute atomic E-state index is 0.0260. The van der Waals surface area contributed by atoms with Crippen molar-refractivity contribution in [2.75, 3.05) is 26.2 Å². The van der Waals surface area contributed by atoms with Crippen LogP contribution in [0.5, 0.6) is 0 Å². The fraction of sp³-hybridized carbons (Fsp3) is 1.00. The van der Waals surface area contributed by atoms with Gasteiger partial charge in [0, 0.05) is 31.7 Å². The van der Waals surface area contributed by atoms with Crippen LogP contribution in [0.1, 0.15) is 38.5 Å². The molecule has 3 heteroatoms. The first-order valence-electron chi connectivity index (χ1n) is 7.97. The molecule has 0 radical (unpaired) electrons. The van der Waals surface area contributed by atoms with Gasteiger partial charge in [-0.2, -0.15) is 0 Å². The van der Waals surface area contributed by atoms with Gasteiger partial charge in [-0.3, -0.25) is 9.80 Å². The smallest absolute Gasteiger partial charge is 0.0567 e. The van der Waals surface area contributed by atoms with Crippen LogP contribution in [0.25, 0.3) is 0 Å². The summed E-state index contributed by atoms with van der Waals surface area (Å²) in [6, 6.07) is 1.58. The molecular weight excluding hydrogens is 224 g/mol.